The molecule has 2 fully saturated rings. The summed E-state index contributed by atoms with van der Waals surface area (Å²) in [4.78, 5) is 25.8. The summed E-state index contributed by atoms with van der Waals surface area (Å²) in [5.74, 6) is -0.281. The molecule has 0 bridgehead atoms. The number of benzene rings is 1. The predicted molar refractivity (Wildman–Crippen MR) is 151 cm³/mol. The summed E-state index contributed by atoms with van der Waals surface area (Å²) in [6.07, 6.45) is 1.63. The molecule has 13 nitrogen and oxygen atoms in total. The molecule has 228 valence electrons. The average Bonchev–Trinajstić information content (AvgIpc) is 3.54. The molecule has 0 radical (unpaired) electrons. The molecule has 0 spiro atoms. The van der Waals surface area contributed by atoms with Gasteiger partial charge in [-0.2, -0.15) is 5.09 Å². The van der Waals surface area contributed by atoms with Crippen LogP contribution < -0.4 is 9.61 Å². The van der Waals surface area contributed by atoms with Gasteiger partial charge in [0.15, 0.2) is 11.9 Å². The third kappa shape index (κ3) is 6.66. The van der Waals surface area contributed by atoms with E-state index in [-0.39, 0.29) is 18.3 Å². The van der Waals surface area contributed by atoms with E-state index in [9.17, 15) is 19.6 Å². The van der Waals surface area contributed by atoms with E-state index in [4.69, 9.17) is 18.5 Å². The molecular formula is C28H38N5O8P. The van der Waals surface area contributed by atoms with Crippen molar-refractivity contribution < 1.29 is 38.1 Å². The van der Waals surface area contributed by atoms with E-state index in [1.165, 1.54) is 17.2 Å². The molecule has 5 rings (SSSR count). The molecule has 0 amide bonds. The molecule has 1 aliphatic carbocycles. The van der Waals surface area contributed by atoms with Crippen molar-refractivity contribution >= 4 is 24.9 Å². The Labute approximate surface area is 244 Å². The molecule has 3 unspecified atom stereocenters. The van der Waals surface area contributed by atoms with Gasteiger partial charge in [0.05, 0.1) is 18.1 Å². The summed E-state index contributed by atoms with van der Waals surface area (Å²) < 4.78 is 39.3. The number of carbonyl (C=O) groups excluding carboxylic acids is 1. The normalized spacial score (nSPS) is 26.0. The molecule has 14 heteroatoms. The first-order valence-corrected chi connectivity index (χ1v) is 15.9. The zero-order valence-electron chi connectivity index (χ0n) is 23.9. The SMILES string of the molecule is CCC(NP(=O)(Oc1ccccc1)OC(C)[C@H]1O[C@@H](n2cnc3c(C)ncnc32)[C@H](O)[C@@H]1O)C(=O)OC1CCCCC1. The number of hydrogen-bond acceptors (Lipinski definition) is 11. The number of ether oxygens (including phenoxy) is 2. The summed E-state index contributed by atoms with van der Waals surface area (Å²) in [5.41, 5.74) is 1.61. The fourth-order valence-corrected chi connectivity index (χ4v) is 7.15. The van der Waals surface area contributed by atoms with Crippen LogP contribution in [0.2, 0.25) is 0 Å². The van der Waals surface area contributed by atoms with Gasteiger partial charge in [0.2, 0.25) is 0 Å². The van der Waals surface area contributed by atoms with Crippen LogP contribution in [0.25, 0.3) is 11.2 Å². The van der Waals surface area contributed by atoms with Crippen LogP contribution in [-0.4, -0.2) is 72.3 Å². The van der Waals surface area contributed by atoms with Gasteiger partial charge in [-0.3, -0.25) is 13.9 Å². The van der Waals surface area contributed by atoms with E-state index in [0.29, 0.717) is 16.9 Å². The van der Waals surface area contributed by atoms with Crippen LogP contribution in [-0.2, 0) is 23.4 Å². The van der Waals surface area contributed by atoms with Gasteiger partial charge < -0.3 is 24.2 Å². The van der Waals surface area contributed by atoms with Crippen LogP contribution in [0.1, 0.15) is 64.3 Å². The minimum Gasteiger partial charge on any atom is -0.461 e. The summed E-state index contributed by atoms with van der Waals surface area (Å²) in [7, 11) is -4.26. The van der Waals surface area contributed by atoms with Gasteiger partial charge in [0.25, 0.3) is 0 Å². The maximum atomic E-state index is 14.2. The van der Waals surface area contributed by atoms with Crippen LogP contribution in [0.5, 0.6) is 5.75 Å². The van der Waals surface area contributed by atoms with E-state index in [2.05, 4.69) is 20.0 Å². The molecule has 3 N–H and O–H groups in total. The molecule has 3 aromatic rings. The Kier molecular flexibility index (Phi) is 9.56. The number of aliphatic hydroxyl groups excluding tert-OH is 2. The largest absolute Gasteiger partial charge is 0.461 e. The molecule has 1 aromatic carbocycles. The van der Waals surface area contributed by atoms with Gasteiger partial charge in [-0.1, -0.05) is 31.5 Å². The van der Waals surface area contributed by atoms with E-state index < -0.39 is 50.4 Å². The zero-order valence-corrected chi connectivity index (χ0v) is 24.8. The summed E-state index contributed by atoms with van der Waals surface area (Å²) >= 11 is 0. The lowest BCUT2D eigenvalue weighted by molar-refractivity contribution is -0.152. The van der Waals surface area contributed by atoms with Crippen LogP contribution >= 0.6 is 7.75 Å². The number of esters is 1. The van der Waals surface area contributed by atoms with Crippen LogP contribution in [0, 0.1) is 6.92 Å². The Morgan fingerprint density at radius 1 is 1.14 bits per heavy atom. The predicted octanol–water partition coefficient (Wildman–Crippen LogP) is 3.59. The maximum Gasteiger partial charge on any atom is 0.459 e. The highest BCUT2D eigenvalue weighted by atomic mass is 31.2. The summed E-state index contributed by atoms with van der Waals surface area (Å²) in [6.45, 7) is 5.10. The molecular weight excluding hydrogens is 565 g/mol. The van der Waals surface area contributed by atoms with Crippen molar-refractivity contribution in [2.75, 3.05) is 0 Å². The Morgan fingerprint density at radius 2 is 1.88 bits per heavy atom. The molecule has 7 atom stereocenters. The Balaban J connectivity index is 1.34. The number of aryl methyl sites for hydroxylation is 1. The van der Waals surface area contributed by atoms with E-state index in [1.54, 1.807) is 51.1 Å². The maximum absolute atomic E-state index is 14.2. The molecule has 42 heavy (non-hydrogen) atoms. The van der Waals surface area contributed by atoms with Crippen molar-refractivity contribution in [2.45, 2.75) is 102 Å². The molecule has 1 saturated carbocycles. The topological polar surface area (TPSA) is 167 Å². The first kappa shape index (κ1) is 30.5. The van der Waals surface area contributed by atoms with Gasteiger partial charge in [0, 0.05) is 0 Å². The van der Waals surface area contributed by atoms with Crippen LogP contribution in [0.4, 0.5) is 0 Å². The lowest BCUT2D eigenvalue weighted by Crippen LogP contribution is -2.42. The van der Waals surface area contributed by atoms with Gasteiger partial charge in [0.1, 0.15) is 48.1 Å². The van der Waals surface area contributed by atoms with E-state index in [0.717, 1.165) is 32.1 Å². The number of nitrogens with zero attached hydrogens (tertiary/aromatic N) is 4. The Morgan fingerprint density at radius 3 is 2.60 bits per heavy atom. The standard InChI is InChI=1S/C28H38N5O8P/c1-4-21(28(36)38-19-11-7-5-8-12-19)32-42(37,41-20-13-9-6-10-14-20)40-18(3)25-23(34)24(35)27(39-25)33-16-31-22-17(2)29-15-30-26(22)33/h6,9-10,13-16,18-19,21,23-25,27,34-35H,4-5,7-8,11-12H2,1-3H3,(H,32,37)/t18?,21?,23-,24+,25+,27+,42?/m0/s1. The molecule has 1 saturated heterocycles. The molecule has 3 heterocycles. The fourth-order valence-electron chi connectivity index (χ4n) is 5.37. The Hall–Kier alpha value is -2.93. The monoisotopic (exact) mass is 603 g/mol. The average molecular weight is 604 g/mol. The number of fused-ring (bicyclic) bond motifs is 1. The highest BCUT2D eigenvalue weighted by Gasteiger charge is 2.49. The van der Waals surface area contributed by atoms with Gasteiger partial charge in [-0.25, -0.2) is 19.5 Å². The first-order chi connectivity index (χ1) is 20.2. The number of nitrogens with one attached hydrogen (secondary N) is 1. The highest BCUT2D eigenvalue weighted by Crippen LogP contribution is 2.48. The highest BCUT2D eigenvalue weighted by molar-refractivity contribution is 7.52. The van der Waals surface area contributed by atoms with Crippen molar-refractivity contribution in [3.05, 3.63) is 48.7 Å². The summed E-state index contributed by atoms with van der Waals surface area (Å²) in [6, 6.07) is 7.45. The van der Waals surface area contributed by atoms with Crippen LogP contribution in [0.15, 0.2) is 43.0 Å². The third-order valence-electron chi connectivity index (χ3n) is 7.67. The minimum absolute atomic E-state index is 0.176. The smallest absolute Gasteiger partial charge is 0.459 e. The number of imidazole rings is 1. The molecule has 2 aliphatic rings. The quantitative estimate of drug-likeness (QED) is 0.216. The fraction of sp³-hybridized carbons (Fsp3) is 0.571. The Bertz CT molecular complexity index is 1400. The van der Waals surface area contributed by atoms with Gasteiger partial charge >= 0.3 is 13.7 Å². The number of aliphatic hydroxyl groups is 2. The van der Waals surface area contributed by atoms with E-state index >= 15 is 0 Å². The van der Waals surface area contributed by atoms with Crippen LogP contribution in [0.3, 0.4) is 0 Å². The second-order valence-corrected chi connectivity index (χ2v) is 12.4. The summed E-state index contributed by atoms with van der Waals surface area (Å²) in [5, 5.41) is 24.7. The lowest BCUT2D eigenvalue weighted by Gasteiger charge is -2.30. The van der Waals surface area contributed by atoms with Crippen molar-refractivity contribution in [1.29, 1.82) is 0 Å². The van der Waals surface area contributed by atoms with Gasteiger partial charge in [-0.15, -0.1) is 0 Å². The van der Waals surface area contributed by atoms with Crippen molar-refractivity contribution in [3.63, 3.8) is 0 Å². The second kappa shape index (κ2) is 13.2. The number of carbonyl (C=O) groups is 1. The lowest BCUT2D eigenvalue weighted by atomic mass is 9.98. The number of hydrogen-bond donors (Lipinski definition) is 3. The minimum atomic E-state index is -4.26. The van der Waals surface area contributed by atoms with E-state index in [1.807, 2.05) is 0 Å². The number of para-hydroxylation sites is 1. The second-order valence-electron chi connectivity index (χ2n) is 10.8. The van der Waals surface area contributed by atoms with Crippen molar-refractivity contribution in [1.82, 2.24) is 24.6 Å². The van der Waals surface area contributed by atoms with Crippen molar-refractivity contribution in [2.24, 2.45) is 0 Å². The third-order valence-corrected chi connectivity index (χ3v) is 9.36. The van der Waals surface area contributed by atoms with Gasteiger partial charge in [-0.05, 0) is 58.1 Å². The zero-order chi connectivity index (χ0) is 29.9. The first-order valence-electron chi connectivity index (χ1n) is 14.4. The van der Waals surface area contributed by atoms with Crippen molar-refractivity contribution in [3.8, 4) is 5.75 Å². The number of rotatable bonds is 11. The number of aromatic nitrogens is 4. The molecule has 1 aliphatic heterocycles. The molecule has 2 aromatic heterocycles.